The normalized spacial score (nSPS) is 11.1. The van der Waals surface area contributed by atoms with E-state index in [0.29, 0.717) is 17.9 Å². The fourth-order valence-electron chi connectivity index (χ4n) is 1.48. The maximum absolute atomic E-state index is 11.5. The van der Waals surface area contributed by atoms with Crippen LogP contribution >= 0.6 is 0 Å². The van der Waals surface area contributed by atoms with Crippen LogP contribution < -0.4 is 9.62 Å². The highest BCUT2D eigenvalue weighted by molar-refractivity contribution is 7.92. The third-order valence-corrected chi connectivity index (χ3v) is 3.81. The number of carboxylic acid groups (broad SMARTS) is 1. The molecule has 0 aliphatic carbocycles. The summed E-state index contributed by atoms with van der Waals surface area (Å²) >= 11 is 0. The average molecular weight is 286 g/mol. The van der Waals surface area contributed by atoms with Crippen molar-refractivity contribution in [3.63, 3.8) is 0 Å². The zero-order chi connectivity index (χ0) is 14.6. The molecule has 1 aromatic rings. The van der Waals surface area contributed by atoms with Gasteiger partial charge in [-0.2, -0.15) is 0 Å². The summed E-state index contributed by atoms with van der Waals surface area (Å²) in [5, 5.41) is 12.1. The summed E-state index contributed by atoms with van der Waals surface area (Å²) in [5.74, 6) is -1.09. The summed E-state index contributed by atoms with van der Waals surface area (Å²) in [4.78, 5) is 11.1. The van der Waals surface area contributed by atoms with E-state index in [4.69, 9.17) is 5.11 Å². The lowest BCUT2D eigenvalue weighted by molar-refractivity contribution is 0.0697. The molecule has 0 saturated carbocycles. The second-order valence-electron chi connectivity index (χ2n) is 4.23. The predicted molar refractivity (Wildman–Crippen MR) is 75.4 cm³/mol. The second-order valence-corrected chi connectivity index (χ2v) is 6.24. The summed E-state index contributed by atoms with van der Waals surface area (Å²) in [7, 11) is -2.03. The molecule has 0 unspecified atom stereocenters. The Hall–Kier alpha value is -1.76. The van der Waals surface area contributed by atoms with Crippen molar-refractivity contribution in [2.75, 3.05) is 29.5 Å². The van der Waals surface area contributed by atoms with Crippen molar-refractivity contribution in [2.24, 2.45) is 0 Å². The molecule has 106 valence electrons. The third-order valence-electron chi connectivity index (χ3n) is 2.60. The molecule has 0 saturated heterocycles. The lowest BCUT2D eigenvalue weighted by Gasteiger charge is -2.18. The van der Waals surface area contributed by atoms with E-state index in [2.05, 4.69) is 5.32 Å². The lowest BCUT2D eigenvalue weighted by Crippen LogP contribution is -2.25. The Labute approximate surface area is 113 Å². The van der Waals surface area contributed by atoms with Crippen LogP contribution in [0.25, 0.3) is 0 Å². The van der Waals surface area contributed by atoms with Crippen molar-refractivity contribution in [3.8, 4) is 0 Å². The number of carbonyl (C=O) groups is 1. The van der Waals surface area contributed by atoms with Crippen LogP contribution in [-0.2, 0) is 10.0 Å². The number of sulfonamides is 1. The zero-order valence-electron chi connectivity index (χ0n) is 11.2. The fraction of sp³-hybridized carbons (Fsp3) is 0.417. The van der Waals surface area contributed by atoms with Crippen molar-refractivity contribution in [3.05, 3.63) is 23.8 Å². The summed E-state index contributed by atoms with van der Waals surface area (Å²) in [6, 6.07) is 4.43. The number of hydrogen-bond donors (Lipinski definition) is 2. The first-order valence-corrected chi connectivity index (χ1v) is 7.66. The van der Waals surface area contributed by atoms with Gasteiger partial charge in [0.05, 0.1) is 17.5 Å². The first kappa shape index (κ1) is 15.3. The predicted octanol–water partition coefficient (Wildman–Crippen LogP) is 1.60. The summed E-state index contributed by atoms with van der Waals surface area (Å²) in [6.07, 6.45) is 1.95. The molecule has 0 spiro atoms. The van der Waals surface area contributed by atoms with E-state index in [0.717, 1.165) is 17.0 Å². The number of carboxylic acids is 1. The van der Waals surface area contributed by atoms with Crippen LogP contribution in [0.4, 0.5) is 11.4 Å². The SMILES string of the molecule is CCCNc1cc(C(=O)O)cc(N(C)S(C)(=O)=O)c1. The first-order valence-electron chi connectivity index (χ1n) is 5.82. The van der Waals surface area contributed by atoms with Gasteiger partial charge in [-0.3, -0.25) is 4.31 Å². The Balaban J connectivity index is 3.23. The highest BCUT2D eigenvalue weighted by atomic mass is 32.2. The van der Waals surface area contributed by atoms with Crippen molar-refractivity contribution < 1.29 is 18.3 Å². The summed E-state index contributed by atoms with van der Waals surface area (Å²) < 4.78 is 24.0. The molecule has 0 radical (unpaired) electrons. The first-order chi connectivity index (χ1) is 8.75. The van der Waals surface area contributed by atoms with Crippen LogP contribution in [0.5, 0.6) is 0 Å². The van der Waals surface area contributed by atoms with E-state index < -0.39 is 16.0 Å². The van der Waals surface area contributed by atoms with Gasteiger partial charge in [0.1, 0.15) is 0 Å². The molecule has 1 aromatic carbocycles. The molecule has 7 heteroatoms. The molecule has 0 amide bonds. The minimum Gasteiger partial charge on any atom is -0.478 e. The average Bonchev–Trinajstić information content (AvgIpc) is 2.33. The highest BCUT2D eigenvalue weighted by Gasteiger charge is 2.15. The Morgan fingerprint density at radius 1 is 1.37 bits per heavy atom. The monoisotopic (exact) mass is 286 g/mol. The van der Waals surface area contributed by atoms with Gasteiger partial charge in [0.2, 0.25) is 10.0 Å². The zero-order valence-corrected chi connectivity index (χ0v) is 12.0. The minimum absolute atomic E-state index is 0.0478. The molecular weight excluding hydrogens is 268 g/mol. The Bertz CT molecular complexity index is 569. The van der Waals surface area contributed by atoms with Gasteiger partial charge >= 0.3 is 5.97 Å². The number of aromatic carboxylic acids is 1. The molecule has 0 aliphatic heterocycles. The molecule has 0 aliphatic rings. The molecule has 0 bridgehead atoms. The standard InChI is InChI=1S/C12H18N2O4S/c1-4-5-13-10-6-9(12(15)16)7-11(8-10)14(2)19(3,17)18/h6-8,13H,4-5H2,1-3H3,(H,15,16). The van der Waals surface area contributed by atoms with Crippen LogP contribution in [0.15, 0.2) is 18.2 Å². The molecule has 1 rings (SSSR count). The van der Waals surface area contributed by atoms with E-state index in [1.54, 1.807) is 6.07 Å². The van der Waals surface area contributed by atoms with Crippen LogP contribution in [0, 0.1) is 0 Å². The molecule has 0 aromatic heterocycles. The molecular formula is C12H18N2O4S. The van der Waals surface area contributed by atoms with E-state index in [1.807, 2.05) is 6.92 Å². The van der Waals surface area contributed by atoms with Crippen molar-refractivity contribution in [1.82, 2.24) is 0 Å². The molecule has 0 atom stereocenters. The maximum Gasteiger partial charge on any atom is 0.335 e. The molecule has 2 N–H and O–H groups in total. The quantitative estimate of drug-likeness (QED) is 0.829. The molecule has 19 heavy (non-hydrogen) atoms. The van der Waals surface area contributed by atoms with Gasteiger partial charge in [0, 0.05) is 19.3 Å². The van der Waals surface area contributed by atoms with Gasteiger partial charge in [-0.1, -0.05) is 6.92 Å². The third kappa shape index (κ3) is 4.13. The van der Waals surface area contributed by atoms with E-state index in [1.165, 1.54) is 19.2 Å². The van der Waals surface area contributed by atoms with Crippen LogP contribution in [-0.4, -0.2) is 39.3 Å². The van der Waals surface area contributed by atoms with Gasteiger partial charge in [0.25, 0.3) is 0 Å². The van der Waals surface area contributed by atoms with Gasteiger partial charge in [-0.15, -0.1) is 0 Å². The number of anilines is 2. The number of nitrogens with one attached hydrogen (secondary N) is 1. The molecule has 6 nitrogen and oxygen atoms in total. The lowest BCUT2D eigenvalue weighted by atomic mass is 10.1. The highest BCUT2D eigenvalue weighted by Crippen LogP contribution is 2.23. The van der Waals surface area contributed by atoms with Crippen LogP contribution in [0.1, 0.15) is 23.7 Å². The van der Waals surface area contributed by atoms with E-state index in [9.17, 15) is 13.2 Å². The second kappa shape index (κ2) is 5.92. The number of nitrogens with zero attached hydrogens (tertiary/aromatic N) is 1. The van der Waals surface area contributed by atoms with E-state index in [-0.39, 0.29) is 5.56 Å². The summed E-state index contributed by atoms with van der Waals surface area (Å²) in [5.41, 5.74) is 0.958. The topological polar surface area (TPSA) is 86.7 Å². The van der Waals surface area contributed by atoms with Crippen molar-refractivity contribution >= 4 is 27.4 Å². The fourth-order valence-corrected chi connectivity index (χ4v) is 1.97. The van der Waals surface area contributed by atoms with Gasteiger partial charge < -0.3 is 10.4 Å². The smallest absolute Gasteiger partial charge is 0.335 e. The Kier molecular flexibility index (Phi) is 4.77. The van der Waals surface area contributed by atoms with Crippen LogP contribution in [0.3, 0.4) is 0 Å². The minimum atomic E-state index is -3.42. The van der Waals surface area contributed by atoms with Gasteiger partial charge in [-0.25, -0.2) is 13.2 Å². The van der Waals surface area contributed by atoms with Crippen molar-refractivity contribution in [2.45, 2.75) is 13.3 Å². The van der Waals surface area contributed by atoms with Crippen molar-refractivity contribution in [1.29, 1.82) is 0 Å². The largest absolute Gasteiger partial charge is 0.478 e. The molecule has 0 fully saturated rings. The number of rotatable bonds is 6. The Morgan fingerprint density at radius 3 is 2.47 bits per heavy atom. The maximum atomic E-state index is 11.5. The van der Waals surface area contributed by atoms with Gasteiger partial charge in [-0.05, 0) is 24.6 Å². The Morgan fingerprint density at radius 2 is 2.00 bits per heavy atom. The van der Waals surface area contributed by atoms with E-state index >= 15 is 0 Å². The number of hydrogen-bond acceptors (Lipinski definition) is 4. The molecule has 0 heterocycles. The van der Waals surface area contributed by atoms with Gasteiger partial charge in [0.15, 0.2) is 0 Å². The van der Waals surface area contributed by atoms with Crippen LogP contribution in [0.2, 0.25) is 0 Å². The number of benzene rings is 1. The summed E-state index contributed by atoms with van der Waals surface area (Å²) in [6.45, 7) is 2.67.